The molecular formula is C20H20FN3O2. The minimum absolute atomic E-state index is 0.144. The van der Waals surface area contributed by atoms with Gasteiger partial charge in [-0.1, -0.05) is 6.07 Å². The van der Waals surface area contributed by atoms with Gasteiger partial charge < -0.3 is 15.4 Å². The number of carbonyl (C=O) groups is 1. The van der Waals surface area contributed by atoms with Gasteiger partial charge in [0.25, 0.3) is 5.91 Å². The van der Waals surface area contributed by atoms with E-state index in [-0.39, 0.29) is 29.8 Å². The van der Waals surface area contributed by atoms with E-state index in [1.165, 1.54) is 12.1 Å². The molecule has 2 aromatic heterocycles. The quantitative estimate of drug-likeness (QED) is 0.674. The molecule has 1 saturated carbocycles. The van der Waals surface area contributed by atoms with E-state index < -0.39 is 0 Å². The van der Waals surface area contributed by atoms with Crippen LogP contribution in [0.5, 0.6) is 0 Å². The molecule has 3 N–H and O–H groups in total. The van der Waals surface area contributed by atoms with E-state index >= 15 is 0 Å². The molecule has 0 aliphatic heterocycles. The Kier molecular flexibility index (Phi) is 4.20. The Hall–Kier alpha value is -2.73. The Balaban J connectivity index is 1.63. The van der Waals surface area contributed by atoms with Crippen LogP contribution < -0.4 is 5.32 Å². The lowest BCUT2D eigenvalue weighted by molar-refractivity contribution is 0.0227. The minimum Gasteiger partial charge on any atom is -0.393 e. The SMILES string of the molecule is Cc1c(C(=O)N[C@H](c2ccccn2)C2CC(O)C2)[nH]c2ccc(F)cc12. The number of amides is 1. The maximum atomic E-state index is 13.5. The van der Waals surface area contributed by atoms with Crippen molar-refractivity contribution in [1.29, 1.82) is 0 Å². The molecule has 0 unspecified atom stereocenters. The first-order valence-corrected chi connectivity index (χ1v) is 8.70. The number of aromatic amines is 1. The molecule has 0 radical (unpaired) electrons. The lowest BCUT2D eigenvalue weighted by atomic mass is 9.76. The normalized spacial score (nSPS) is 20.6. The van der Waals surface area contributed by atoms with Crippen LogP contribution in [0.2, 0.25) is 0 Å². The van der Waals surface area contributed by atoms with Crippen molar-refractivity contribution in [3.05, 3.63) is 65.4 Å². The summed E-state index contributed by atoms with van der Waals surface area (Å²) in [7, 11) is 0. The Bertz CT molecular complexity index is 948. The number of nitrogens with one attached hydrogen (secondary N) is 2. The van der Waals surface area contributed by atoms with Crippen LogP contribution in [0.15, 0.2) is 42.6 Å². The van der Waals surface area contributed by atoms with Crippen LogP contribution in [0.3, 0.4) is 0 Å². The van der Waals surface area contributed by atoms with Gasteiger partial charge in [-0.15, -0.1) is 0 Å². The van der Waals surface area contributed by atoms with E-state index in [0.717, 1.165) is 11.2 Å². The number of benzene rings is 1. The fourth-order valence-corrected chi connectivity index (χ4v) is 3.63. The zero-order valence-corrected chi connectivity index (χ0v) is 14.4. The molecule has 3 aromatic rings. The summed E-state index contributed by atoms with van der Waals surface area (Å²) in [5.74, 6) is -0.441. The van der Waals surface area contributed by atoms with Gasteiger partial charge in [-0.05, 0) is 61.6 Å². The molecule has 1 aliphatic rings. The second-order valence-electron chi connectivity index (χ2n) is 6.91. The Morgan fingerprint density at radius 3 is 2.85 bits per heavy atom. The van der Waals surface area contributed by atoms with Crippen LogP contribution in [0.4, 0.5) is 4.39 Å². The highest BCUT2D eigenvalue weighted by atomic mass is 19.1. The molecule has 1 aliphatic carbocycles. The number of aliphatic hydroxyl groups is 1. The third-order valence-electron chi connectivity index (χ3n) is 5.16. The average Bonchev–Trinajstić information content (AvgIpc) is 2.94. The standard InChI is InChI=1S/C20H20FN3O2/c1-11-15-10-13(21)5-6-16(15)23-18(11)20(26)24-19(12-8-14(25)9-12)17-4-2-3-7-22-17/h2-7,10,12,14,19,23,25H,8-9H2,1H3,(H,24,26)/t12?,14?,19-/m0/s1. The first-order valence-electron chi connectivity index (χ1n) is 8.70. The lowest BCUT2D eigenvalue weighted by Gasteiger charge is -2.37. The highest BCUT2D eigenvalue weighted by Gasteiger charge is 2.36. The van der Waals surface area contributed by atoms with E-state index in [4.69, 9.17) is 0 Å². The Labute approximate surface area is 150 Å². The van der Waals surface area contributed by atoms with E-state index in [9.17, 15) is 14.3 Å². The number of aliphatic hydroxyl groups excluding tert-OH is 1. The van der Waals surface area contributed by atoms with Crippen molar-refractivity contribution in [3.63, 3.8) is 0 Å². The number of pyridine rings is 1. The average molecular weight is 353 g/mol. The van der Waals surface area contributed by atoms with E-state index in [1.54, 1.807) is 19.2 Å². The molecule has 2 heterocycles. The molecule has 1 aromatic carbocycles. The first-order chi connectivity index (χ1) is 12.5. The lowest BCUT2D eigenvalue weighted by Crippen LogP contribution is -2.42. The number of hydrogen-bond donors (Lipinski definition) is 3. The summed E-state index contributed by atoms with van der Waals surface area (Å²) in [6, 6.07) is 9.75. The largest absolute Gasteiger partial charge is 0.393 e. The molecular weight excluding hydrogens is 333 g/mol. The molecule has 1 atom stereocenters. The maximum Gasteiger partial charge on any atom is 0.268 e. The summed E-state index contributed by atoms with van der Waals surface area (Å²) in [6.07, 6.45) is 2.65. The number of aromatic nitrogens is 2. The van der Waals surface area contributed by atoms with E-state index in [1.807, 2.05) is 18.2 Å². The molecule has 26 heavy (non-hydrogen) atoms. The van der Waals surface area contributed by atoms with Crippen LogP contribution in [-0.2, 0) is 0 Å². The summed E-state index contributed by atoms with van der Waals surface area (Å²) in [4.78, 5) is 20.4. The summed E-state index contributed by atoms with van der Waals surface area (Å²) < 4.78 is 13.5. The van der Waals surface area contributed by atoms with Gasteiger partial charge in [0, 0.05) is 17.1 Å². The highest BCUT2D eigenvalue weighted by Crippen LogP contribution is 2.37. The molecule has 0 bridgehead atoms. The summed E-state index contributed by atoms with van der Waals surface area (Å²) in [5.41, 5.74) is 2.64. The van der Waals surface area contributed by atoms with E-state index in [0.29, 0.717) is 29.5 Å². The topological polar surface area (TPSA) is 78.0 Å². The molecule has 5 nitrogen and oxygen atoms in total. The Morgan fingerprint density at radius 1 is 1.35 bits per heavy atom. The van der Waals surface area contributed by atoms with Crippen LogP contribution in [0.1, 0.15) is 40.6 Å². The second-order valence-corrected chi connectivity index (χ2v) is 6.91. The number of halogens is 1. The molecule has 4 rings (SSSR count). The zero-order chi connectivity index (χ0) is 18.3. The highest BCUT2D eigenvalue weighted by molar-refractivity contribution is 6.01. The summed E-state index contributed by atoms with van der Waals surface area (Å²) in [5, 5.41) is 13.4. The smallest absolute Gasteiger partial charge is 0.268 e. The van der Waals surface area contributed by atoms with Crippen LogP contribution in [0.25, 0.3) is 10.9 Å². The van der Waals surface area contributed by atoms with Gasteiger partial charge in [0.15, 0.2) is 0 Å². The van der Waals surface area contributed by atoms with Crippen LogP contribution in [-0.4, -0.2) is 27.1 Å². The number of fused-ring (bicyclic) bond motifs is 1. The third kappa shape index (κ3) is 2.97. The monoisotopic (exact) mass is 353 g/mol. The Morgan fingerprint density at radius 2 is 2.15 bits per heavy atom. The van der Waals surface area contributed by atoms with Gasteiger partial charge in [-0.25, -0.2) is 4.39 Å². The molecule has 6 heteroatoms. The fourth-order valence-electron chi connectivity index (χ4n) is 3.63. The van der Waals surface area contributed by atoms with Gasteiger partial charge in [0.05, 0.1) is 17.8 Å². The molecule has 134 valence electrons. The number of nitrogens with zero attached hydrogens (tertiary/aromatic N) is 1. The molecule has 0 saturated heterocycles. The third-order valence-corrected chi connectivity index (χ3v) is 5.16. The van der Waals surface area contributed by atoms with Crippen molar-refractivity contribution in [2.24, 2.45) is 5.92 Å². The predicted molar refractivity (Wildman–Crippen MR) is 96.2 cm³/mol. The number of carbonyl (C=O) groups excluding carboxylic acids is 1. The van der Waals surface area contributed by atoms with Crippen LogP contribution in [0, 0.1) is 18.7 Å². The van der Waals surface area contributed by atoms with Gasteiger partial charge >= 0.3 is 0 Å². The van der Waals surface area contributed by atoms with Crippen molar-refractivity contribution < 1.29 is 14.3 Å². The minimum atomic E-state index is -0.332. The zero-order valence-electron chi connectivity index (χ0n) is 14.4. The van der Waals surface area contributed by atoms with Crippen molar-refractivity contribution in [3.8, 4) is 0 Å². The number of hydrogen-bond acceptors (Lipinski definition) is 3. The summed E-state index contributed by atoms with van der Waals surface area (Å²) in [6.45, 7) is 1.80. The van der Waals surface area contributed by atoms with Gasteiger partial charge in [-0.2, -0.15) is 0 Å². The van der Waals surface area contributed by atoms with Crippen molar-refractivity contribution >= 4 is 16.8 Å². The van der Waals surface area contributed by atoms with E-state index in [2.05, 4.69) is 15.3 Å². The number of aryl methyl sites for hydroxylation is 1. The van der Waals surface area contributed by atoms with Gasteiger partial charge in [0.2, 0.25) is 0 Å². The first kappa shape index (κ1) is 16.7. The van der Waals surface area contributed by atoms with Gasteiger partial charge in [0.1, 0.15) is 11.5 Å². The molecule has 1 fully saturated rings. The van der Waals surface area contributed by atoms with Crippen molar-refractivity contribution in [2.75, 3.05) is 0 Å². The molecule has 0 spiro atoms. The van der Waals surface area contributed by atoms with Crippen LogP contribution >= 0.6 is 0 Å². The van der Waals surface area contributed by atoms with Crippen molar-refractivity contribution in [1.82, 2.24) is 15.3 Å². The van der Waals surface area contributed by atoms with Crippen molar-refractivity contribution in [2.45, 2.75) is 31.9 Å². The van der Waals surface area contributed by atoms with Gasteiger partial charge in [-0.3, -0.25) is 9.78 Å². The predicted octanol–water partition coefficient (Wildman–Crippen LogP) is 3.25. The second kappa shape index (κ2) is 6.53. The number of H-pyrrole nitrogens is 1. The molecule has 1 amide bonds. The fraction of sp³-hybridized carbons (Fsp3) is 0.300. The summed E-state index contributed by atoms with van der Waals surface area (Å²) >= 11 is 0. The maximum absolute atomic E-state index is 13.5. The number of rotatable bonds is 4.